The van der Waals surface area contributed by atoms with Crippen LogP contribution in [0.5, 0.6) is 0 Å². The quantitative estimate of drug-likeness (QED) is 0.248. The number of thioether (sulfide) groups is 1. The molecule has 0 bridgehead atoms. The fourth-order valence-corrected chi connectivity index (χ4v) is 7.32. The molecule has 5 aromatic rings. The molecular weight excluding hydrogens is 440 g/mol. The van der Waals surface area contributed by atoms with Gasteiger partial charge in [-0.3, -0.25) is 0 Å². The highest BCUT2D eigenvalue weighted by Crippen LogP contribution is 2.49. The standard InChI is InChI=1S/C29H25N2S2/c1-3-30-24-18-16-20-10-5-7-12-22(20)28(24)32-26(30)14-9-15-27-31(4-2)25-19-17-21-11-6-8-13-23(21)29(25)33-27/h5-19H,3-4H2,1-2H3/q+1. The number of fused-ring (bicyclic) bond motifs is 6. The zero-order chi connectivity index (χ0) is 22.4. The molecule has 33 heavy (non-hydrogen) atoms. The fourth-order valence-electron chi connectivity index (χ4n) is 4.77. The van der Waals surface area contributed by atoms with E-state index in [1.54, 1.807) is 0 Å². The van der Waals surface area contributed by atoms with Crippen molar-refractivity contribution in [2.75, 3.05) is 11.4 Å². The van der Waals surface area contributed by atoms with Crippen molar-refractivity contribution >= 4 is 66.6 Å². The van der Waals surface area contributed by atoms with E-state index in [2.05, 4.69) is 114 Å². The highest BCUT2D eigenvalue weighted by molar-refractivity contribution is 8.04. The van der Waals surface area contributed by atoms with Crippen LogP contribution in [0, 0.1) is 0 Å². The molecule has 0 N–H and O–H groups in total. The van der Waals surface area contributed by atoms with Gasteiger partial charge in [-0.25, -0.2) is 0 Å². The Balaban J connectivity index is 1.39. The van der Waals surface area contributed by atoms with Gasteiger partial charge in [-0.15, -0.1) is 0 Å². The van der Waals surface area contributed by atoms with E-state index in [0.29, 0.717) is 0 Å². The summed E-state index contributed by atoms with van der Waals surface area (Å²) in [4.78, 5) is 3.79. The lowest BCUT2D eigenvalue weighted by molar-refractivity contribution is -0.665. The van der Waals surface area contributed by atoms with Crippen LogP contribution in [-0.2, 0) is 6.54 Å². The number of thiazole rings is 1. The summed E-state index contributed by atoms with van der Waals surface area (Å²) < 4.78 is 3.79. The summed E-state index contributed by atoms with van der Waals surface area (Å²) in [6, 6.07) is 26.4. The first kappa shape index (κ1) is 20.5. The average Bonchev–Trinajstić information content (AvgIpc) is 3.41. The molecule has 1 aliphatic rings. The second kappa shape index (κ2) is 8.36. The zero-order valence-electron chi connectivity index (χ0n) is 18.8. The van der Waals surface area contributed by atoms with Gasteiger partial charge in [-0.2, -0.15) is 4.57 Å². The molecule has 6 rings (SSSR count). The van der Waals surface area contributed by atoms with E-state index in [0.717, 1.165) is 13.1 Å². The Hall–Kier alpha value is -3.08. The van der Waals surface area contributed by atoms with Gasteiger partial charge in [0.2, 0.25) is 5.52 Å². The summed E-state index contributed by atoms with van der Waals surface area (Å²) >= 11 is 3.77. The second-order valence-electron chi connectivity index (χ2n) is 8.16. The van der Waals surface area contributed by atoms with E-state index < -0.39 is 0 Å². The van der Waals surface area contributed by atoms with Crippen LogP contribution in [0.1, 0.15) is 18.9 Å². The highest BCUT2D eigenvalue weighted by atomic mass is 32.2. The SMILES string of the molecule is CCN1C(=CC=Cc2sc3c4ccccc4ccc3[n+]2CC)Sc2c1ccc1ccccc21. The van der Waals surface area contributed by atoms with Crippen LogP contribution >= 0.6 is 23.1 Å². The topological polar surface area (TPSA) is 7.12 Å². The van der Waals surface area contributed by atoms with Gasteiger partial charge in [0, 0.05) is 29.0 Å². The first-order valence-electron chi connectivity index (χ1n) is 11.5. The zero-order valence-corrected chi connectivity index (χ0v) is 20.4. The van der Waals surface area contributed by atoms with Gasteiger partial charge in [0.15, 0.2) is 0 Å². The van der Waals surface area contributed by atoms with Crippen molar-refractivity contribution in [3.8, 4) is 0 Å². The molecule has 0 unspecified atom stereocenters. The predicted octanol–water partition coefficient (Wildman–Crippen LogP) is 8.00. The number of benzene rings is 4. The van der Waals surface area contributed by atoms with Crippen molar-refractivity contribution in [1.82, 2.24) is 0 Å². The molecule has 1 aromatic heterocycles. The molecule has 2 nitrogen and oxygen atoms in total. The Bertz CT molecular complexity index is 1580. The summed E-state index contributed by atoms with van der Waals surface area (Å²) in [5.74, 6) is 0. The predicted molar refractivity (Wildman–Crippen MR) is 145 cm³/mol. The van der Waals surface area contributed by atoms with Gasteiger partial charge in [0.25, 0.3) is 5.01 Å². The first-order valence-corrected chi connectivity index (χ1v) is 13.1. The van der Waals surface area contributed by atoms with Crippen LogP contribution in [-0.4, -0.2) is 6.54 Å². The Morgan fingerprint density at radius 1 is 0.848 bits per heavy atom. The molecule has 0 radical (unpaired) electrons. The lowest BCUT2D eigenvalue weighted by Crippen LogP contribution is -2.33. The molecule has 0 spiro atoms. The largest absolute Gasteiger partial charge is 0.335 e. The fraction of sp³-hybridized carbons (Fsp3) is 0.138. The molecule has 0 aliphatic carbocycles. The maximum Gasteiger partial charge on any atom is 0.262 e. The van der Waals surface area contributed by atoms with E-state index in [4.69, 9.17) is 0 Å². The van der Waals surface area contributed by atoms with Gasteiger partial charge in [-0.05, 0) is 48.2 Å². The van der Waals surface area contributed by atoms with E-state index >= 15 is 0 Å². The maximum atomic E-state index is 2.42. The Morgan fingerprint density at radius 3 is 2.36 bits per heavy atom. The number of aromatic nitrogens is 1. The molecule has 2 heterocycles. The van der Waals surface area contributed by atoms with Crippen molar-refractivity contribution in [1.29, 1.82) is 0 Å². The van der Waals surface area contributed by atoms with Gasteiger partial charge in [0.05, 0.1) is 10.7 Å². The summed E-state index contributed by atoms with van der Waals surface area (Å²) in [5, 5.41) is 7.86. The molecule has 4 aromatic carbocycles. The van der Waals surface area contributed by atoms with Gasteiger partial charge >= 0.3 is 0 Å². The van der Waals surface area contributed by atoms with Crippen LogP contribution in [0.25, 0.3) is 37.8 Å². The third kappa shape index (κ3) is 3.36. The van der Waals surface area contributed by atoms with Gasteiger partial charge < -0.3 is 4.90 Å². The van der Waals surface area contributed by atoms with Crippen molar-refractivity contribution in [3.63, 3.8) is 0 Å². The van der Waals surface area contributed by atoms with Gasteiger partial charge in [0.1, 0.15) is 11.2 Å². The summed E-state index contributed by atoms with van der Waals surface area (Å²) in [5.41, 5.74) is 2.63. The number of nitrogens with zero attached hydrogens (tertiary/aromatic N) is 2. The third-order valence-corrected chi connectivity index (χ3v) is 8.75. The first-order chi connectivity index (χ1) is 16.3. The van der Waals surface area contributed by atoms with Crippen LogP contribution in [0.3, 0.4) is 0 Å². The minimum absolute atomic E-state index is 0.960. The summed E-state index contributed by atoms with van der Waals surface area (Å²) in [6.07, 6.45) is 6.76. The number of allylic oxidation sites excluding steroid dienone is 2. The Morgan fingerprint density at radius 2 is 1.58 bits per heavy atom. The lowest BCUT2D eigenvalue weighted by atomic mass is 10.1. The summed E-state index contributed by atoms with van der Waals surface area (Å²) in [7, 11) is 0. The molecule has 162 valence electrons. The van der Waals surface area contributed by atoms with E-state index in [1.807, 2.05) is 23.1 Å². The average molecular weight is 466 g/mol. The smallest absolute Gasteiger partial charge is 0.262 e. The Kier molecular flexibility index (Phi) is 5.20. The molecule has 0 fully saturated rings. The monoisotopic (exact) mass is 465 g/mol. The van der Waals surface area contributed by atoms with Crippen LogP contribution in [0.2, 0.25) is 0 Å². The highest BCUT2D eigenvalue weighted by Gasteiger charge is 2.25. The molecule has 0 amide bonds. The molecule has 0 saturated carbocycles. The minimum Gasteiger partial charge on any atom is -0.335 e. The maximum absolute atomic E-state index is 2.42. The number of hydrogen-bond acceptors (Lipinski definition) is 3. The number of hydrogen-bond donors (Lipinski definition) is 0. The number of rotatable bonds is 4. The third-order valence-electron chi connectivity index (χ3n) is 6.35. The van der Waals surface area contributed by atoms with E-state index in [-0.39, 0.29) is 0 Å². The van der Waals surface area contributed by atoms with Crippen LogP contribution < -0.4 is 9.47 Å². The van der Waals surface area contributed by atoms with Crippen molar-refractivity contribution in [2.45, 2.75) is 25.3 Å². The van der Waals surface area contributed by atoms with Gasteiger partial charge in [-0.1, -0.05) is 83.8 Å². The Labute approximate surface area is 202 Å². The summed E-state index contributed by atoms with van der Waals surface area (Å²) in [6.45, 7) is 6.37. The van der Waals surface area contributed by atoms with Crippen LogP contribution in [0.4, 0.5) is 5.69 Å². The normalized spacial score (nSPS) is 15.0. The molecule has 0 atom stereocenters. The second-order valence-corrected chi connectivity index (χ2v) is 10.2. The lowest BCUT2D eigenvalue weighted by Gasteiger charge is -2.17. The van der Waals surface area contributed by atoms with Crippen LogP contribution in [0.15, 0.2) is 94.9 Å². The van der Waals surface area contributed by atoms with Crippen molar-refractivity contribution < 1.29 is 4.57 Å². The number of anilines is 1. The molecule has 0 saturated heterocycles. The van der Waals surface area contributed by atoms with E-state index in [1.165, 1.54) is 52.4 Å². The minimum atomic E-state index is 0.960. The van der Waals surface area contributed by atoms with E-state index in [9.17, 15) is 0 Å². The van der Waals surface area contributed by atoms with Crippen molar-refractivity contribution in [3.05, 3.63) is 95.0 Å². The number of aryl methyl sites for hydroxylation is 1. The molecular formula is C29H25N2S2+. The molecule has 1 aliphatic heterocycles. The van der Waals surface area contributed by atoms with Crippen molar-refractivity contribution in [2.24, 2.45) is 0 Å². The molecule has 4 heteroatoms.